The second-order valence-corrected chi connectivity index (χ2v) is 9.14. The number of nitrogens with one attached hydrogen (secondary N) is 1. The van der Waals surface area contributed by atoms with E-state index in [0.29, 0.717) is 12.1 Å². The van der Waals surface area contributed by atoms with Gasteiger partial charge in [0.2, 0.25) is 0 Å². The molecule has 1 aliphatic heterocycles. The Morgan fingerprint density at radius 2 is 1.94 bits per heavy atom. The van der Waals surface area contributed by atoms with Crippen molar-refractivity contribution >= 4 is 5.91 Å². The summed E-state index contributed by atoms with van der Waals surface area (Å²) in [4.78, 5) is 17.5. The maximum Gasteiger partial charge on any atom is 0.257 e. The standard InChI is InChI=1S/C27H34N4O2/c1-20(2)33-23-13-9-12-22(16-23)19-31-15-8-7-14-25(31)26-24(17-28-29-26)27(32)30(3)18-21-10-5-4-6-11-21/h4-6,9-13,16-17,20,25H,7-8,14-15,18-19H2,1-3H3,(H,28,29)/t25-/m0/s1. The SMILES string of the molecule is CC(C)Oc1cccc(CN2CCCC[C@H]2c2[nH]ncc2C(=O)N(C)Cc2ccccc2)c1. The van der Waals surface area contributed by atoms with E-state index in [0.717, 1.165) is 49.4 Å². The summed E-state index contributed by atoms with van der Waals surface area (Å²) in [6, 6.07) is 18.5. The first-order valence-electron chi connectivity index (χ1n) is 11.8. The van der Waals surface area contributed by atoms with Crippen LogP contribution in [0.2, 0.25) is 0 Å². The molecular formula is C27H34N4O2. The largest absolute Gasteiger partial charge is 0.491 e. The van der Waals surface area contributed by atoms with Gasteiger partial charge in [-0.2, -0.15) is 5.10 Å². The number of ether oxygens (including phenoxy) is 1. The van der Waals surface area contributed by atoms with Crippen molar-refractivity contribution in [2.45, 2.75) is 58.3 Å². The van der Waals surface area contributed by atoms with Gasteiger partial charge in [-0.15, -0.1) is 0 Å². The van der Waals surface area contributed by atoms with Gasteiger partial charge < -0.3 is 9.64 Å². The van der Waals surface area contributed by atoms with Gasteiger partial charge in [0, 0.05) is 20.1 Å². The van der Waals surface area contributed by atoms with E-state index in [1.807, 2.05) is 57.3 Å². The van der Waals surface area contributed by atoms with E-state index < -0.39 is 0 Å². The van der Waals surface area contributed by atoms with Crippen LogP contribution in [0.1, 0.15) is 66.3 Å². The number of aromatic amines is 1. The van der Waals surface area contributed by atoms with Crippen molar-refractivity contribution in [1.82, 2.24) is 20.0 Å². The Labute approximate surface area is 196 Å². The molecule has 33 heavy (non-hydrogen) atoms. The smallest absolute Gasteiger partial charge is 0.257 e. The molecule has 1 N–H and O–H groups in total. The van der Waals surface area contributed by atoms with Gasteiger partial charge in [0.05, 0.1) is 29.6 Å². The third-order valence-corrected chi connectivity index (χ3v) is 6.11. The average Bonchev–Trinajstić information content (AvgIpc) is 3.29. The fraction of sp³-hybridized carbons (Fsp3) is 0.407. The highest BCUT2D eigenvalue weighted by atomic mass is 16.5. The Balaban J connectivity index is 1.51. The van der Waals surface area contributed by atoms with E-state index >= 15 is 0 Å². The van der Waals surface area contributed by atoms with Crippen LogP contribution in [-0.4, -0.2) is 45.6 Å². The zero-order valence-corrected chi connectivity index (χ0v) is 19.8. The molecule has 6 nitrogen and oxygen atoms in total. The molecule has 1 amide bonds. The number of carbonyl (C=O) groups is 1. The fourth-order valence-electron chi connectivity index (χ4n) is 4.59. The van der Waals surface area contributed by atoms with Crippen LogP contribution in [0.15, 0.2) is 60.8 Å². The van der Waals surface area contributed by atoms with Crippen LogP contribution in [0.25, 0.3) is 0 Å². The van der Waals surface area contributed by atoms with Crippen LogP contribution in [-0.2, 0) is 13.1 Å². The number of amides is 1. The summed E-state index contributed by atoms with van der Waals surface area (Å²) in [5.41, 5.74) is 3.92. The third kappa shape index (κ3) is 5.82. The number of carbonyl (C=O) groups excluding carboxylic acids is 1. The molecule has 0 bridgehead atoms. The van der Waals surface area contributed by atoms with Gasteiger partial charge in [-0.3, -0.25) is 14.8 Å². The van der Waals surface area contributed by atoms with Crippen LogP contribution in [0.4, 0.5) is 0 Å². The zero-order valence-electron chi connectivity index (χ0n) is 19.8. The highest BCUT2D eigenvalue weighted by Crippen LogP contribution is 2.33. The molecule has 0 saturated carbocycles. The molecule has 0 radical (unpaired) electrons. The maximum absolute atomic E-state index is 13.3. The molecule has 1 aromatic heterocycles. The number of likely N-dealkylation sites (tertiary alicyclic amines) is 1. The van der Waals surface area contributed by atoms with Crippen LogP contribution in [0.3, 0.4) is 0 Å². The van der Waals surface area contributed by atoms with Crippen molar-refractivity contribution < 1.29 is 9.53 Å². The molecular weight excluding hydrogens is 412 g/mol. The Bertz CT molecular complexity index is 1050. The number of nitrogens with zero attached hydrogens (tertiary/aromatic N) is 3. The summed E-state index contributed by atoms with van der Waals surface area (Å²) in [5, 5.41) is 7.44. The van der Waals surface area contributed by atoms with E-state index in [-0.39, 0.29) is 18.1 Å². The highest BCUT2D eigenvalue weighted by Gasteiger charge is 2.30. The molecule has 174 valence electrons. The molecule has 3 aromatic rings. The zero-order chi connectivity index (χ0) is 23.2. The number of rotatable bonds is 8. The lowest BCUT2D eigenvalue weighted by Crippen LogP contribution is -2.35. The van der Waals surface area contributed by atoms with Gasteiger partial charge in [0.15, 0.2) is 0 Å². The second-order valence-electron chi connectivity index (χ2n) is 9.14. The topological polar surface area (TPSA) is 61.5 Å². The molecule has 1 saturated heterocycles. The first-order valence-corrected chi connectivity index (χ1v) is 11.8. The fourth-order valence-corrected chi connectivity index (χ4v) is 4.59. The molecule has 2 heterocycles. The molecule has 0 aliphatic carbocycles. The predicted molar refractivity (Wildman–Crippen MR) is 130 cm³/mol. The van der Waals surface area contributed by atoms with Crippen molar-refractivity contribution in [1.29, 1.82) is 0 Å². The number of aromatic nitrogens is 2. The first kappa shape index (κ1) is 23.1. The van der Waals surface area contributed by atoms with E-state index in [1.165, 1.54) is 5.56 Å². The normalized spacial score (nSPS) is 16.7. The van der Waals surface area contributed by atoms with Gasteiger partial charge in [0.25, 0.3) is 5.91 Å². The van der Waals surface area contributed by atoms with Gasteiger partial charge in [0.1, 0.15) is 5.75 Å². The molecule has 1 aliphatic rings. The van der Waals surface area contributed by atoms with Crippen molar-refractivity contribution in [3.63, 3.8) is 0 Å². The Kier molecular flexibility index (Phi) is 7.45. The molecule has 1 atom stereocenters. The number of piperidine rings is 1. The minimum Gasteiger partial charge on any atom is -0.491 e. The van der Waals surface area contributed by atoms with Crippen molar-refractivity contribution in [2.24, 2.45) is 0 Å². The van der Waals surface area contributed by atoms with E-state index in [2.05, 4.69) is 33.3 Å². The van der Waals surface area contributed by atoms with E-state index in [4.69, 9.17) is 4.74 Å². The lowest BCUT2D eigenvalue weighted by Gasteiger charge is -2.35. The van der Waals surface area contributed by atoms with Gasteiger partial charge in [-0.25, -0.2) is 0 Å². The summed E-state index contributed by atoms with van der Waals surface area (Å²) in [5.74, 6) is 0.900. The second kappa shape index (κ2) is 10.7. The molecule has 0 unspecified atom stereocenters. The summed E-state index contributed by atoms with van der Waals surface area (Å²) in [6.45, 7) is 6.46. The average molecular weight is 447 g/mol. The number of benzene rings is 2. The van der Waals surface area contributed by atoms with E-state index in [1.54, 1.807) is 11.1 Å². The maximum atomic E-state index is 13.3. The monoisotopic (exact) mass is 446 g/mol. The van der Waals surface area contributed by atoms with Crippen LogP contribution < -0.4 is 4.74 Å². The summed E-state index contributed by atoms with van der Waals surface area (Å²) in [6.07, 6.45) is 5.14. The van der Waals surface area contributed by atoms with Gasteiger partial charge in [-0.1, -0.05) is 48.9 Å². The Morgan fingerprint density at radius 1 is 1.15 bits per heavy atom. The Hall–Kier alpha value is -3.12. The van der Waals surface area contributed by atoms with Crippen molar-refractivity contribution in [3.8, 4) is 5.75 Å². The molecule has 2 aromatic carbocycles. The minimum atomic E-state index is 0.000423. The summed E-state index contributed by atoms with van der Waals surface area (Å²) < 4.78 is 5.88. The third-order valence-electron chi connectivity index (χ3n) is 6.11. The van der Waals surface area contributed by atoms with Crippen molar-refractivity contribution in [3.05, 3.63) is 83.2 Å². The molecule has 4 rings (SSSR count). The predicted octanol–water partition coefficient (Wildman–Crippen LogP) is 5.20. The molecule has 6 heteroatoms. The van der Waals surface area contributed by atoms with Crippen LogP contribution >= 0.6 is 0 Å². The van der Waals surface area contributed by atoms with Crippen molar-refractivity contribution in [2.75, 3.05) is 13.6 Å². The van der Waals surface area contributed by atoms with Crippen LogP contribution in [0, 0.1) is 0 Å². The van der Waals surface area contributed by atoms with Gasteiger partial charge in [-0.05, 0) is 56.5 Å². The molecule has 1 fully saturated rings. The summed E-state index contributed by atoms with van der Waals surface area (Å²) in [7, 11) is 1.85. The first-order chi connectivity index (χ1) is 16.0. The minimum absolute atomic E-state index is 0.000423. The van der Waals surface area contributed by atoms with E-state index in [9.17, 15) is 4.79 Å². The number of H-pyrrole nitrogens is 1. The molecule has 0 spiro atoms. The summed E-state index contributed by atoms with van der Waals surface area (Å²) >= 11 is 0. The lowest BCUT2D eigenvalue weighted by atomic mass is 9.96. The Morgan fingerprint density at radius 3 is 2.73 bits per heavy atom. The van der Waals surface area contributed by atoms with Gasteiger partial charge >= 0.3 is 0 Å². The lowest BCUT2D eigenvalue weighted by molar-refractivity contribution is 0.0776. The number of hydrogen-bond acceptors (Lipinski definition) is 4. The number of hydrogen-bond donors (Lipinski definition) is 1. The quantitative estimate of drug-likeness (QED) is 0.517. The van der Waals surface area contributed by atoms with Crippen LogP contribution in [0.5, 0.6) is 5.75 Å². The highest BCUT2D eigenvalue weighted by molar-refractivity contribution is 5.95.